The topological polar surface area (TPSA) is 94.0 Å². The number of hydrogen-bond donors (Lipinski definition) is 1. The molecule has 0 amide bonds. The van der Waals surface area contributed by atoms with Crippen molar-refractivity contribution in [1.82, 2.24) is 14.9 Å². The normalized spacial score (nSPS) is 25.7. The van der Waals surface area contributed by atoms with E-state index in [1.165, 1.54) is 6.20 Å². The molecule has 8 heteroatoms. The maximum absolute atomic E-state index is 12.1. The number of benzene rings is 1. The lowest BCUT2D eigenvalue weighted by Gasteiger charge is -2.40. The van der Waals surface area contributed by atoms with Crippen molar-refractivity contribution in [2.45, 2.75) is 37.9 Å². The van der Waals surface area contributed by atoms with Crippen LogP contribution < -0.4 is 0 Å². The molecule has 1 N–H and O–H groups in total. The molecular weight excluding hydrogens is 350 g/mol. The number of hydrogen-bond acceptors (Lipinski definition) is 8. The van der Waals surface area contributed by atoms with Crippen LogP contribution in [-0.4, -0.2) is 77.8 Å². The minimum Gasteiger partial charge on any atom is -0.458 e. The molecule has 1 aliphatic heterocycles. The van der Waals surface area contributed by atoms with Gasteiger partial charge >= 0.3 is 5.97 Å². The molecule has 1 aromatic heterocycles. The Bertz CT molecular complexity index is 785. The van der Waals surface area contributed by atoms with Gasteiger partial charge in [0, 0.05) is 12.5 Å². The van der Waals surface area contributed by atoms with Crippen LogP contribution in [0.4, 0.5) is 0 Å². The lowest BCUT2D eigenvalue weighted by atomic mass is 9.99. The number of aliphatic hydroxyl groups is 1. The lowest BCUT2D eigenvalue weighted by molar-refractivity contribution is -0.236. The zero-order valence-corrected chi connectivity index (χ0v) is 15.7. The number of rotatable bonds is 6. The largest absolute Gasteiger partial charge is 0.458 e. The van der Waals surface area contributed by atoms with Crippen molar-refractivity contribution in [2.75, 3.05) is 27.3 Å². The Morgan fingerprint density at radius 2 is 2.04 bits per heavy atom. The number of aliphatic hydroxyl groups excluding tert-OH is 1. The Hall–Kier alpha value is -2.13. The van der Waals surface area contributed by atoms with Crippen LogP contribution in [0.1, 0.15) is 23.8 Å². The molecule has 1 aromatic carbocycles. The summed E-state index contributed by atoms with van der Waals surface area (Å²) < 4.78 is 16.5. The molecule has 1 aliphatic rings. The molecule has 0 saturated carbocycles. The van der Waals surface area contributed by atoms with Crippen LogP contribution in [0.3, 0.4) is 0 Å². The molecule has 8 nitrogen and oxygen atoms in total. The quantitative estimate of drug-likeness (QED) is 0.595. The average Bonchev–Trinajstić information content (AvgIpc) is 2.66. The molecule has 0 spiro atoms. The molecule has 3 rings (SSSR count). The SMILES string of the molecule is C[C@H]1O[C@@H](OCCOC(=O)c2cnc3ccccc3n2)C[C@@H](N(C)C)[C@@H]1O. The molecule has 27 heavy (non-hydrogen) atoms. The van der Waals surface area contributed by atoms with Crippen molar-refractivity contribution in [3.05, 3.63) is 36.2 Å². The van der Waals surface area contributed by atoms with Crippen molar-refractivity contribution in [3.63, 3.8) is 0 Å². The zero-order valence-electron chi connectivity index (χ0n) is 15.7. The summed E-state index contributed by atoms with van der Waals surface area (Å²) in [6.07, 6.45) is 0.606. The Kier molecular flexibility index (Phi) is 6.33. The van der Waals surface area contributed by atoms with E-state index in [1.807, 2.05) is 44.1 Å². The van der Waals surface area contributed by atoms with Crippen LogP contribution in [0, 0.1) is 0 Å². The first-order valence-corrected chi connectivity index (χ1v) is 8.96. The highest BCUT2D eigenvalue weighted by Gasteiger charge is 2.36. The summed E-state index contributed by atoms with van der Waals surface area (Å²) in [5, 5.41) is 10.2. The molecule has 4 atom stereocenters. The second-order valence-electron chi connectivity index (χ2n) is 6.78. The van der Waals surface area contributed by atoms with E-state index in [0.29, 0.717) is 11.9 Å². The summed E-state index contributed by atoms with van der Waals surface area (Å²) >= 11 is 0. The van der Waals surface area contributed by atoms with Gasteiger partial charge in [0.2, 0.25) is 0 Å². The van der Waals surface area contributed by atoms with Crippen LogP contribution in [0.5, 0.6) is 0 Å². The summed E-state index contributed by atoms with van der Waals surface area (Å²) in [4.78, 5) is 22.5. The summed E-state index contributed by atoms with van der Waals surface area (Å²) in [7, 11) is 3.82. The minimum atomic E-state index is -0.566. The van der Waals surface area contributed by atoms with E-state index >= 15 is 0 Å². The third-order valence-electron chi connectivity index (χ3n) is 4.62. The number of carbonyl (C=O) groups is 1. The molecule has 2 aromatic rings. The first kappa shape index (κ1) is 19.6. The highest BCUT2D eigenvalue weighted by molar-refractivity contribution is 5.89. The number of aromatic nitrogens is 2. The molecule has 146 valence electrons. The van der Waals surface area contributed by atoms with Gasteiger partial charge in [-0.15, -0.1) is 0 Å². The van der Waals surface area contributed by atoms with Crippen LogP contribution >= 0.6 is 0 Å². The van der Waals surface area contributed by atoms with E-state index < -0.39 is 18.4 Å². The summed E-state index contributed by atoms with van der Waals surface area (Å²) in [6, 6.07) is 7.27. The molecule has 0 aliphatic carbocycles. The van der Waals surface area contributed by atoms with Gasteiger partial charge in [0.05, 0.1) is 36.0 Å². The van der Waals surface area contributed by atoms with Gasteiger partial charge in [0.1, 0.15) is 6.61 Å². The number of nitrogens with zero attached hydrogens (tertiary/aromatic N) is 3. The first-order chi connectivity index (χ1) is 13.0. The molecule has 0 bridgehead atoms. The van der Waals surface area contributed by atoms with Gasteiger partial charge in [0.15, 0.2) is 12.0 Å². The van der Waals surface area contributed by atoms with Crippen LogP contribution in [-0.2, 0) is 14.2 Å². The minimum absolute atomic E-state index is 0.0471. The Labute approximate surface area is 158 Å². The van der Waals surface area contributed by atoms with Crippen molar-refractivity contribution >= 4 is 17.0 Å². The summed E-state index contributed by atoms with van der Waals surface area (Å²) in [5.74, 6) is -0.545. The van der Waals surface area contributed by atoms with Gasteiger partial charge < -0.3 is 24.2 Å². The van der Waals surface area contributed by atoms with E-state index in [-0.39, 0.29) is 31.1 Å². The van der Waals surface area contributed by atoms with Crippen LogP contribution in [0.15, 0.2) is 30.5 Å². The number of ether oxygens (including phenoxy) is 3. The number of fused-ring (bicyclic) bond motifs is 1. The van der Waals surface area contributed by atoms with E-state index in [4.69, 9.17) is 14.2 Å². The number of likely N-dealkylation sites (N-methyl/N-ethyl adjacent to an activating group) is 1. The molecular formula is C19H25N3O5. The van der Waals surface area contributed by atoms with Gasteiger partial charge in [-0.05, 0) is 33.2 Å². The monoisotopic (exact) mass is 375 g/mol. The smallest absolute Gasteiger partial charge is 0.358 e. The fourth-order valence-electron chi connectivity index (χ4n) is 3.09. The molecule has 1 fully saturated rings. The average molecular weight is 375 g/mol. The summed E-state index contributed by atoms with van der Waals surface area (Å²) in [6.45, 7) is 2.09. The highest BCUT2D eigenvalue weighted by Crippen LogP contribution is 2.23. The zero-order chi connectivity index (χ0) is 19.4. The fourth-order valence-corrected chi connectivity index (χ4v) is 3.09. The number of carbonyl (C=O) groups excluding carboxylic acids is 1. The molecule has 1 saturated heterocycles. The number of esters is 1. The summed E-state index contributed by atoms with van der Waals surface area (Å²) in [5.41, 5.74) is 1.52. The highest BCUT2D eigenvalue weighted by atomic mass is 16.7. The Balaban J connectivity index is 1.47. The van der Waals surface area contributed by atoms with Crippen LogP contribution in [0.25, 0.3) is 11.0 Å². The van der Waals surface area contributed by atoms with E-state index in [0.717, 1.165) is 5.52 Å². The van der Waals surface area contributed by atoms with E-state index in [9.17, 15) is 9.90 Å². The van der Waals surface area contributed by atoms with Gasteiger partial charge in [-0.1, -0.05) is 12.1 Å². The second kappa shape index (κ2) is 8.71. The van der Waals surface area contributed by atoms with Crippen molar-refractivity contribution < 1.29 is 24.1 Å². The predicted molar refractivity (Wildman–Crippen MR) is 98.2 cm³/mol. The van der Waals surface area contributed by atoms with Gasteiger partial charge in [-0.2, -0.15) is 0 Å². The number of para-hydroxylation sites is 2. The van der Waals surface area contributed by atoms with Crippen molar-refractivity contribution in [1.29, 1.82) is 0 Å². The Morgan fingerprint density at radius 1 is 1.30 bits per heavy atom. The van der Waals surface area contributed by atoms with Gasteiger partial charge in [0.25, 0.3) is 0 Å². The molecule has 2 heterocycles. The van der Waals surface area contributed by atoms with Gasteiger partial charge in [-0.3, -0.25) is 4.98 Å². The third-order valence-corrected chi connectivity index (χ3v) is 4.62. The molecule has 0 unspecified atom stereocenters. The van der Waals surface area contributed by atoms with E-state index in [2.05, 4.69) is 9.97 Å². The van der Waals surface area contributed by atoms with Crippen LogP contribution in [0.2, 0.25) is 0 Å². The second-order valence-corrected chi connectivity index (χ2v) is 6.78. The third kappa shape index (κ3) is 4.78. The Morgan fingerprint density at radius 3 is 2.78 bits per heavy atom. The first-order valence-electron chi connectivity index (χ1n) is 8.96. The van der Waals surface area contributed by atoms with Crippen molar-refractivity contribution in [3.8, 4) is 0 Å². The molecule has 0 radical (unpaired) electrons. The van der Waals surface area contributed by atoms with E-state index in [1.54, 1.807) is 6.07 Å². The fraction of sp³-hybridized carbons (Fsp3) is 0.526. The maximum Gasteiger partial charge on any atom is 0.358 e. The van der Waals surface area contributed by atoms with Gasteiger partial charge in [-0.25, -0.2) is 9.78 Å². The predicted octanol–water partition coefficient (Wildman–Crippen LogP) is 1.23. The standard InChI is InChI=1S/C19H25N3O5/c1-12-18(23)16(22(2)3)10-17(27-12)25-8-9-26-19(24)15-11-20-13-6-4-5-7-14(13)21-15/h4-7,11-12,16-18,23H,8-10H2,1-3H3/t12-,16-,17-,18-/m1/s1. The lowest BCUT2D eigenvalue weighted by Crippen LogP contribution is -2.53. The maximum atomic E-state index is 12.1. The van der Waals surface area contributed by atoms with Crippen molar-refractivity contribution in [2.24, 2.45) is 0 Å².